The third-order valence-electron chi connectivity index (χ3n) is 3.51. The van der Waals surface area contributed by atoms with Crippen LogP contribution < -0.4 is 10.3 Å². The smallest absolute Gasteiger partial charge is 0.261 e. The van der Waals surface area contributed by atoms with Gasteiger partial charge >= 0.3 is 0 Å². The number of rotatable bonds is 5. The number of aliphatic hydroxyl groups is 1. The van der Waals surface area contributed by atoms with E-state index in [1.807, 2.05) is 0 Å². The first-order chi connectivity index (χ1) is 11.9. The van der Waals surface area contributed by atoms with Gasteiger partial charge in [0.1, 0.15) is 24.3 Å². The highest BCUT2D eigenvalue weighted by molar-refractivity contribution is 6.38. The van der Waals surface area contributed by atoms with Gasteiger partial charge in [0.05, 0.1) is 28.8 Å². The maximum atomic E-state index is 12.8. The summed E-state index contributed by atoms with van der Waals surface area (Å²) in [5.74, 6) is 0.0435. The van der Waals surface area contributed by atoms with Crippen LogP contribution in [0.4, 0.5) is 4.39 Å². The summed E-state index contributed by atoms with van der Waals surface area (Å²) in [4.78, 5) is 16.6. The zero-order valence-electron chi connectivity index (χ0n) is 12.8. The molecule has 0 bridgehead atoms. The summed E-state index contributed by atoms with van der Waals surface area (Å²) < 4.78 is 19.5. The zero-order valence-corrected chi connectivity index (χ0v) is 14.3. The molecule has 0 amide bonds. The summed E-state index contributed by atoms with van der Waals surface area (Å²) in [5.41, 5.74) is -0.0143. The Labute approximate surface area is 152 Å². The Morgan fingerprint density at radius 2 is 1.96 bits per heavy atom. The Bertz CT molecular complexity index is 961. The van der Waals surface area contributed by atoms with Gasteiger partial charge in [-0.05, 0) is 36.4 Å². The lowest BCUT2D eigenvalue weighted by Crippen LogP contribution is -2.30. The molecule has 0 spiro atoms. The van der Waals surface area contributed by atoms with Crippen molar-refractivity contribution in [3.8, 4) is 5.75 Å². The molecule has 0 unspecified atom stereocenters. The quantitative estimate of drug-likeness (QED) is 0.735. The van der Waals surface area contributed by atoms with Gasteiger partial charge in [-0.2, -0.15) is 0 Å². The molecule has 0 aliphatic rings. The molecule has 0 aliphatic carbocycles. The lowest BCUT2D eigenvalue weighted by atomic mass is 10.2. The van der Waals surface area contributed by atoms with E-state index in [-0.39, 0.29) is 34.9 Å². The molecule has 0 fully saturated rings. The van der Waals surface area contributed by atoms with E-state index in [9.17, 15) is 14.3 Å². The van der Waals surface area contributed by atoms with Gasteiger partial charge in [0.25, 0.3) is 5.56 Å². The van der Waals surface area contributed by atoms with Crippen LogP contribution in [0.15, 0.2) is 47.5 Å². The molecule has 3 rings (SSSR count). The van der Waals surface area contributed by atoms with E-state index in [1.165, 1.54) is 47.3 Å². The van der Waals surface area contributed by atoms with Gasteiger partial charge < -0.3 is 9.84 Å². The third kappa shape index (κ3) is 4.10. The second kappa shape index (κ2) is 7.39. The number of hydrogen-bond donors (Lipinski definition) is 1. The van der Waals surface area contributed by atoms with Crippen LogP contribution in [0.3, 0.4) is 0 Å². The molecule has 8 heteroatoms. The highest BCUT2D eigenvalue weighted by Crippen LogP contribution is 2.24. The fourth-order valence-corrected chi connectivity index (χ4v) is 2.87. The molecule has 25 heavy (non-hydrogen) atoms. The SMILES string of the molecule is O=c1c2cc(Cl)cc(Cl)c2ncn1C[C@H](O)COc1ccc(F)cc1. The van der Waals surface area contributed by atoms with Crippen molar-refractivity contribution in [1.29, 1.82) is 0 Å². The highest BCUT2D eigenvalue weighted by atomic mass is 35.5. The van der Waals surface area contributed by atoms with Crippen LogP contribution in [0, 0.1) is 5.82 Å². The monoisotopic (exact) mass is 382 g/mol. The van der Waals surface area contributed by atoms with Crippen LogP contribution in [0.1, 0.15) is 0 Å². The first kappa shape index (κ1) is 17.7. The van der Waals surface area contributed by atoms with Crippen LogP contribution in [-0.2, 0) is 6.54 Å². The molecule has 3 aromatic rings. The van der Waals surface area contributed by atoms with E-state index in [2.05, 4.69) is 4.98 Å². The van der Waals surface area contributed by atoms with E-state index in [0.29, 0.717) is 16.3 Å². The Kier molecular flexibility index (Phi) is 5.22. The molecular weight excluding hydrogens is 370 g/mol. The van der Waals surface area contributed by atoms with E-state index >= 15 is 0 Å². The van der Waals surface area contributed by atoms with Gasteiger partial charge in [-0.1, -0.05) is 23.2 Å². The lowest BCUT2D eigenvalue weighted by Gasteiger charge is -2.14. The van der Waals surface area contributed by atoms with Crippen LogP contribution in [0.25, 0.3) is 10.9 Å². The molecule has 0 radical (unpaired) electrons. The molecule has 0 saturated carbocycles. The van der Waals surface area contributed by atoms with Gasteiger partial charge in [-0.3, -0.25) is 9.36 Å². The normalized spacial score (nSPS) is 12.3. The topological polar surface area (TPSA) is 64.4 Å². The minimum Gasteiger partial charge on any atom is -0.491 e. The van der Waals surface area contributed by atoms with Crippen molar-refractivity contribution in [2.24, 2.45) is 0 Å². The number of ether oxygens (including phenoxy) is 1. The van der Waals surface area contributed by atoms with Crippen molar-refractivity contribution in [2.45, 2.75) is 12.6 Å². The van der Waals surface area contributed by atoms with Crippen molar-refractivity contribution in [1.82, 2.24) is 9.55 Å². The average Bonchev–Trinajstić information content (AvgIpc) is 2.57. The minimum absolute atomic E-state index is 0.0207. The van der Waals surface area contributed by atoms with Crippen LogP contribution in [-0.4, -0.2) is 27.4 Å². The number of aliphatic hydroxyl groups excluding tert-OH is 1. The standard InChI is InChI=1S/C17H13Cl2FN2O3/c18-10-5-14-16(15(19)6-10)21-9-22(17(14)24)7-12(23)8-25-13-3-1-11(20)2-4-13/h1-6,9,12,23H,7-8H2/t12-/m0/s1. The summed E-state index contributed by atoms with van der Waals surface area (Å²) in [5, 5.41) is 11.0. The fourth-order valence-electron chi connectivity index (χ4n) is 2.33. The Hall–Kier alpha value is -2.15. The number of hydrogen-bond acceptors (Lipinski definition) is 4. The molecule has 130 valence electrons. The van der Waals surface area contributed by atoms with Crippen molar-refractivity contribution < 1.29 is 14.2 Å². The molecule has 1 aromatic heterocycles. The second-order valence-corrected chi connectivity index (χ2v) is 6.25. The number of nitrogens with zero attached hydrogens (tertiary/aromatic N) is 2. The zero-order chi connectivity index (χ0) is 18.0. The number of benzene rings is 2. The van der Waals surface area contributed by atoms with Gasteiger partial charge in [-0.25, -0.2) is 9.37 Å². The minimum atomic E-state index is -0.961. The Morgan fingerprint density at radius 3 is 2.68 bits per heavy atom. The van der Waals surface area contributed by atoms with Crippen molar-refractivity contribution >= 4 is 34.1 Å². The predicted octanol–water partition coefficient (Wildman–Crippen LogP) is 3.28. The van der Waals surface area contributed by atoms with E-state index in [1.54, 1.807) is 0 Å². The number of fused-ring (bicyclic) bond motifs is 1. The van der Waals surface area contributed by atoms with E-state index in [0.717, 1.165) is 0 Å². The first-order valence-electron chi connectivity index (χ1n) is 7.34. The van der Waals surface area contributed by atoms with Gasteiger partial charge in [0.2, 0.25) is 0 Å². The van der Waals surface area contributed by atoms with Gasteiger partial charge in [-0.15, -0.1) is 0 Å². The third-order valence-corrected chi connectivity index (χ3v) is 4.02. The van der Waals surface area contributed by atoms with E-state index < -0.39 is 6.10 Å². The first-order valence-corrected chi connectivity index (χ1v) is 8.10. The molecular formula is C17H13Cl2FN2O3. The van der Waals surface area contributed by atoms with Crippen LogP contribution >= 0.6 is 23.2 Å². The summed E-state index contributed by atoms with van der Waals surface area (Å²) >= 11 is 12.0. The fraction of sp³-hybridized carbons (Fsp3) is 0.176. The maximum absolute atomic E-state index is 12.8. The van der Waals surface area contributed by atoms with Gasteiger partial charge in [0, 0.05) is 5.02 Å². The Morgan fingerprint density at radius 1 is 1.24 bits per heavy atom. The van der Waals surface area contributed by atoms with Crippen molar-refractivity contribution in [3.63, 3.8) is 0 Å². The van der Waals surface area contributed by atoms with Crippen molar-refractivity contribution in [2.75, 3.05) is 6.61 Å². The van der Waals surface area contributed by atoms with E-state index in [4.69, 9.17) is 27.9 Å². The summed E-state index contributed by atoms with van der Waals surface area (Å²) in [6.45, 7) is -0.0838. The predicted molar refractivity (Wildman–Crippen MR) is 93.9 cm³/mol. The molecule has 2 aromatic carbocycles. The lowest BCUT2D eigenvalue weighted by molar-refractivity contribution is 0.0914. The molecule has 1 atom stereocenters. The molecule has 1 N–H and O–H groups in total. The molecule has 0 aliphatic heterocycles. The van der Waals surface area contributed by atoms with Crippen molar-refractivity contribution in [3.05, 3.63) is 68.9 Å². The van der Waals surface area contributed by atoms with Crippen LogP contribution in [0.5, 0.6) is 5.75 Å². The van der Waals surface area contributed by atoms with Gasteiger partial charge in [0.15, 0.2) is 0 Å². The largest absolute Gasteiger partial charge is 0.491 e. The summed E-state index contributed by atoms with van der Waals surface area (Å²) in [7, 11) is 0. The maximum Gasteiger partial charge on any atom is 0.261 e. The number of halogens is 3. The Balaban J connectivity index is 1.74. The summed E-state index contributed by atoms with van der Waals surface area (Å²) in [6, 6.07) is 8.41. The number of aromatic nitrogens is 2. The highest BCUT2D eigenvalue weighted by Gasteiger charge is 2.12. The molecule has 1 heterocycles. The molecule has 0 saturated heterocycles. The van der Waals surface area contributed by atoms with Crippen LogP contribution in [0.2, 0.25) is 10.0 Å². The summed E-state index contributed by atoms with van der Waals surface area (Å²) in [6.07, 6.45) is 0.350. The second-order valence-electron chi connectivity index (χ2n) is 5.40. The average molecular weight is 383 g/mol. The molecule has 5 nitrogen and oxygen atoms in total.